The molecule has 0 amide bonds. The van der Waals surface area contributed by atoms with E-state index in [-0.39, 0.29) is 12.1 Å². The number of aryl methyl sites for hydroxylation is 2. The first-order chi connectivity index (χ1) is 12.5. The highest BCUT2D eigenvalue weighted by molar-refractivity contribution is 9.10. The molecule has 3 heterocycles. The third-order valence-electron chi connectivity index (χ3n) is 4.57. The van der Waals surface area contributed by atoms with Crippen LogP contribution in [0.4, 0.5) is 5.69 Å². The van der Waals surface area contributed by atoms with Gasteiger partial charge in [0, 0.05) is 26.1 Å². The first-order valence-electron chi connectivity index (χ1n) is 8.38. The lowest BCUT2D eigenvalue weighted by molar-refractivity contribution is 0.575. The number of rotatable bonds is 3. The van der Waals surface area contributed by atoms with Gasteiger partial charge in [-0.1, -0.05) is 22.0 Å². The highest BCUT2D eigenvalue weighted by Crippen LogP contribution is 2.44. The van der Waals surface area contributed by atoms with E-state index in [1.807, 2.05) is 29.7 Å². The molecule has 1 aliphatic rings. The van der Waals surface area contributed by atoms with Gasteiger partial charge < -0.3 is 10.2 Å². The Balaban J connectivity index is 1.83. The summed E-state index contributed by atoms with van der Waals surface area (Å²) in [5.41, 5.74) is 3.28. The number of thiocarbonyl (C=S) groups is 1. The molecule has 2 aromatic heterocycles. The van der Waals surface area contributed by atoms with Crippen molar-refractivity contribution in [3.8, 4) is 0 Å². The van der Waals surface area contributed by atoms with Crippen molar-refractivity contribution < 1.29 is 0 Å². The second-order valence-corrected chi connectivity index (χ2v) is 8.94. The molecule has 6 heteroatoms. The first-order valence-corrected chi connectivity index (χ1v) is 10.4. The van der Waals surface area contributed by atoms with E-state index in [1.54, 1.807) is 0 Å². The summed E-state index contributed by atoms with van der Waals surface area (Å²) in [6.07, 6.45) is 1.84. The van der Waals surface area contributed by atoms with Crippen LogP contribution in [0.1, 0.15) is 33.1 Å². The number of hydrogen-bond donors (Lipinski definition) is 1. The average Bonchev–Trinajstić information content (AvgIpc) is 3.21. The van der Waals surface area contributed by atoms with Crippen molar-refractivity contribution in [2.24, 2.45) is 0 Å². The Morgan fingerprint density at radius 2 is 2.00 bits per heavy atom. The third kappa shape index (κ3) is 3.17. The van der Waals surface area contributed by atoms with Crippen LogP contribution in [-0.4, -0.2) is 10.1 Å². The minimum atomic E-state index is 0.0192. The molecule has 4 rings (SSSR count). The summed E-state index contributed by atoms with van der Waals surface area (Å²) in [5.74, 6) is 0. The van der Waals surface area contributed by atoms with Crippen molar-refractivity contribution in [3.05, 3.63) is 80.2 Å². The van der Waals surface area contributed by atoms with Crippen LogP contribution in [-0.2, 0) is 0 Å². The Morgan fingerprint density at radius 3 is 2.65 bits per heavy atom. The highest BCUT2D eigenvalue weighted by atomic mass is 79.9. The van der Waals surface area contributed by atoms with Gasteiger partial charge in [0.15, 0.2) is 5.11 Å². The summed E-state index contributed by atoms with van der Waals surface area (Å²) in [4.78, 5) is 9.39. The molecule has 0 saturated carbocycles. The van der Waals surface area contributed by atoms with Crippen LogP contribution in [0.3, 0.4) is 0 Å². The van der Waals surface area contributed by atoms with E-state index in [9.17, 15) is 0 Å². The van der Waals surface area contributed by atoms with Gasteiger partial charge in [-0.3, -0.25) is 4.98 Å². The zero-order valence-electron chi connectivity index (χ0n) is 14.4. The van der Waals surface area contributed by atoms with E-state index in [4.69, 9.17) is 12.2 Å². The summed E-state index contributed by atoms with van der Waals surface area (Å²) in [6, 6.07) is 16.9. The molecule has 2 atom stereocenters. The maximum absolute atomic E-state index is 5.74. The molecule has 0 radical (unpaired) electrons. The van der Waals surface area contributed by atoms with E-state index < -0.39 is 0 Å². The number of aromatic nitrogens is 1. The number of anilines is 1. The second-order valence-electron chi connectivity index (χ2n) is 6.38. The number of nitrogens with one attached hydrogen (secondary N) is 1. The fraction of sp³-hybridized carbons (Fsp3) is 0.200. The second kappa shape index (κ2) is 7.10. The Labute approximate surface area is 171 Å². The number of pyridine rings is 1. The van der Waals surface area contributed by atoms with Crippen LogP contribution in [0.5, 0.6) is 0 Å². The van der Waals surface area contributed by atoms with Crippen LogP contribution in [0, 0.1) is 13.8 Å². The molecule has 26 heavy (non-hydrogen) atoms. The third-order valence-corrected chi connectivity index (χ3v) is 6.85. The van der Waals surface area contributed by atoms with Crippen LogP contribution < -0.4 is 10.2 Å². The van der Waals surface area contributed by atoms with Gasteiger partial charge in [0.25, 0.3) is 0 Å². The topological polar surface area (TPSA) is 28.2 Å². The lowest BCUT2D eigenvalue weighted by Gasteiger charge is -2.27. The van der Waals surface area contributed by atoms with Crippen molar-refractivity contribution in [2.75, 3.05) is 4.90 Å². The van der Waals surface area contributed by atoms with Crippen molar-refractivity contribution >= 4 is 50.3 Å². The minimum absolute atomic E-state index is 0.0192. The molecule has 1 saturated heterocycles. The maximum Gasteiger partial charge on any atom is 0.174 e. The monoisotopic (exact) mass is 443 g/mol. The molecule has 132 valence electrons. The molecule has 1 aliphatic heterocycles. The Kier molecular flexibility index (Phi) is 4.82. The van der Waals surface area contributed by atoms with Crippen LogP contribution >= 0.6 is 39.5 Å². The van der Waals surface area contributed by atoms with Gasteiger partial charge in [-0.15, -0.1) is 11.3 Å². The number of hydrogen-bond acceptors (Lipinski definition) is 3. The fourth-order valence-corrected chi connectivity index (χ4v) is 4.91. The van der Waals surface area contributed by atoms with Crippen molar-refractivity contribution in [2.45, 2.75) is 25.9 Å². The predicted octanol–water partition coefficient (Wildman–Crippen LogP) is 5.70. The van der Waals surface area contributed by atoms with Gasteiger partial charge in [0.2, 0.25) is 0 Å². The van der Waals surface area contributed by atoms with Gasteiger partial charge in [-0.2, -0.15) is 0 Å². The highest BCUT2D eigenvalue weighted by Gasteiger charge is 2.41. The summed E-state index contributed by atoms with van der Waals surface area (Å²) < 4.78 is 1.10. The number of halogens is 1. The van der Waals surface area contributed by atoms with Gasteiger partial charge >= 0.3 is 0 Å². The fourth-order valence-electron chi connectivity index (χ4n) is 3.31. The van der Waals surface area contributed by atoms with E-state index in [1.165, 1.54) is 15.3 Å². The minimum Gasteiger partial charge on any atom is -0.351 e. The zero-order valence-corrected chi connectivity index (χ0v) is 17.7. The van der Waals surface area contributed by atoms with Crippen molar-refractivity contribution in [1.82, 2.24) is 10.3 Å². The molecule has 0 spiro atoms. The quantitative estimate of drug-likeness (QED) is 0.525. The summed E-state index contributed by atoms with van der Waals surface area (Å²) in [7, 11) is 0. The van der Waals surface area contributed by atoms with Gasteiger partial charge in [0.1, 0.15) is 0 Å². The van der Waals surface area contributed by atoms with Crippen molar-refractivity contribution in [3.63, 3.8) is 0 Å². The van der Waals surface area contributed by atoms with E-state index in [0.717, 1.165) is 21.0 Å². The Bertz CT molecular complexity index is 955. The number of benzene rings is 1. The van der Waals surface area contributed by atoms with Crippen LogP contribution in [0.2, 0.25) is 0 Å². The summed E-state index contributed by atoms with van der Waals surface area (Å²) in [5, 5.41) is 4.24. The molecular weight excluding hydrogens is 426 g/mol. The normalized spacial score (nSPS) is 19.7. The maximum atomic E-state index is 5.74. The molecule has 1 aromatic carbocycles. The zero-order chi connectivity index (χ0) is 18.3. The molecule has 0 aliphatic carbocycles. The van der Waals surface area contributed by atoms with Gasteiger partial charge in [-0.05, 0) is 74.1 Å². The molecule has 1 N–H and O–H groups in total. The molecule has 2 unspecified atom stereocenters. The van der Waals surface area contributed by atoms with E-state index in [0.29, 0.717) is 0 Å². The number of nitrogens with zero attached hydrogens (tertiary/aromatic N) is 2. The molecule has 0 bridgehead atoms. The SMILES string of the molecule is Cc1ccc(C2C(c3ccccn3)NC(=S)N2c2ccc(Br)c(C)c2)s1. The van der Waals surface area contributed by atoms with Gasteiger partial charge in [0.05, 0.1) is 17.8 Å². The standard InChI is InChI=1S/C20H18BrN3S2/c1-12-11-14(7-8-15(12)21)24-19(17-9-6-13(2)26-17)18(23-20(24)25)16-5-3-4-10-22-16/h3-11,18-19H,1-2H3,(H,23,25). The van der Waals surface area contributed by atoms with Crippen LogP contribution in [0.25, 0.3) is 0 Å². The van der Waals surface area contributed by atoms with Crippen LogP contribution in [0.15, 0.2) is 59.2 Å². The molecule has 1 fully saturated rings. The summed E-state index contributed by atoms with van der Waals surface area (Å²) in [6.45, 7) is 4.24. The lowest BCUT2D eigenvalue weighted by Crippen LogP contribution is -2.29. The molecular formula is C20H18BrN3S2. The van der Waals surface area contributed by atoms with Gasteiger partial charge in [-0.25, -0.2) is 0 Å². The molecule has 3 nitrogen and oxygen atoms in total. The van der Waals surface area contributed by atoms with Crippen molar-refractivity contribution in [1.29, 1.82) is 0 Å². The first kappa shape index (κ1) is 17.6. The number of thiophene rings is 1. The lowest BCUT2D eigenvalue weighted by atomic mass is 10.0. The smallest absolute Gasteiger partial charge is 0.174 e. The predicted molar refractivity (Wildman–Crippen MR) is 116 cm³/mol. The average molecular weight is 444 g/mol. The largest absolute Gasteiger partial charge is 0.351 e. The Hall–Kier alpha value is -1.76. The summed E-state index contributed by atoms with van der Waals surface area (Å²) >= 11 is 11.1. The molecule has 3 aromatic rings. The van der Waals surface area contributed by atoms with E-state index in [2.05, 4.69) is 81.4 Å². The Morgan fingerprint density at radius 1 is 1.15 bits per heavy atom. The van der Waals surface area contributed by atoms with E-state index >= 15 is 0 Å².